The van der Waals surface area contributed by atoms with Crippen molar-refractivity contribution in [2.24, 2.45) is 11.8 Å². The van der Waals surface area contributed by atoms with Gasteiger partial charge in [0.25, 0.3) is 5.08 Å². The number of nitrogens with one attached hydrogen (secondary N) is 2. The van der Waals surface area contributed by atoms with Crippen LogP contribution in [-0.4, -0.2) is 122 Å². The maximum atomic E-state index is 12.5. The van der Waals surface area contributed by atoms with Crippen molar-refractivity contribution in [3.05, 3.63) is 0 Å². The van der Waals surface area contributed by atoms with Crippen LogP contribution in [0.5, 0.6) is 0 Å². The summed E-state index contributed by atoms with van der Waals surface area (Å²) in [6, 6.07) is 0. The normalized spacial score (nSPS) is 15.2. The molecule has 3 atom stereocenters. The highest BCUT2D eigenvalue weighted by Crippen LogP contribution is 2.69. The van der Waals surface area contributed by atoms with Crippen molar-refractivity contribution in [3.8, 4) is 0 Å². The van der Waals surface area contributed by atoms with Crippen molar-refractivity contribution >= 4 is 46.8 Å². The van der Waals surface area contributed by atoms with Gasteiger partial charge in [0.05, 0.1) is 43.4 Å². The Hall–Kier alpha value is -1.83. The summed E-state index contributed by atoms with van der Waals surface area (Å²) in [5, 5.41) is 11.2. The summed E-state index contributed by atoms with van der Waals surface area (Å²) in [4.78, 5) is 95.5. The molecule has 55 heavy (non-hydrogen) atoms. The first-order valence-electron chi connectivity index (χ1n) is 17.6. The van der Waals surface area contributed by atoms with E-state index < -0.39 is 108 Å². The van der Waals surface area contributed by atoms with E-state index in [0.717, 1.165) is 0 Å². The van der Waals surface area contributed by atoms with Crippen LogP contribution in [0.1, 0.15) is 93.9 Å². The summed E-state index contributed by atoms with van der Waals surface area (Å²) >= 11 is 0. The molecule has 0 spiro atoms. The zero-order valence-electron chi connectivity index (χ0n) is 32.8. The first kappa shape index (κ1) is 53.2. The average Bonchev–Trinajstić information content (AvgIpc) is 3.03. The number of rotatable bonds is 29. The minimum absolute atomic E-state index is 0.0102. The van der Waals surface area contributed by atoms with Crippen molar-refractivity contribution in [2.75, 3.05) is 46.1 Å². The molecule has 21 nitrogen and oxygen atoms in total. The molecule has 324 valence electrons. The number of carbonyl (C=O) groups excluding carboxylic acids is 4. The third kappa shape index (κ3) is 22.6. The van der Waals surface area contributed by atoms with Gasteiger partial charge in [-0.25, -0.2) is 4.57 Å². The van der Waals surface area contributed by atoms with Crippen LogP contribution >= 0.6 is 23.0 Å². The fourth-order valence-corrected chi connectivity index (χ4v) is 7.55. The number of phosphoric acid groups is 1. The maximum Gasteiger partial charge on any atom is 0.472 e. The van der Waals surface area contributed by atoms with Gasteiger partial charge in [-0.3, -0.25) is 37.4 Å². The van der Waals surface area contributed by atoms with Crippen LogP contribution in [0.2, 0.25) is 0 Å². The highest BCUT2D eigenvalue weighted by molar-refractivity contribution is 7.72. The van der Waals surface area contributed by atoms with Crippen molar-refractivity contribution in [1.82, 2.24) is 10.6 Å². The van der Waals surface area contributed by atoms with Crippen molar-refractivity contribution < 1.29 is 90.4 Å². The van der Waals surface area contributed by atoms with Gasteiger partial charge in [0.2, 0.25) is 11.8 Å². The van der Waals surface area contributed by atoms with Gasteiger partial charge in [-0.2, -0.15) is 0 Å². The van der Waals surface area contributed by atoms with E-state index in [-0.39, 0.29) is 51.3 Å². The topological polar surface area (TPSA) is 320 Å². The number of carbonyl (C=O) groups is 4. The molecule has 0 saturated carbocycles. The average molecular weight is 859 g/mol. The van der Waals surface area contributed by atoms with Crippen molar-refractivity contribution in [2.45, 2.75) is 116 Å². The van der Waals surface area contributed by atoms with E-state index in [1.165, 1.54) is 0 Å². The molecule has 0 aliphatic heterocycles. The Labute approximate surface area is 321 Å². The molecule has 0 heterocycles. The van der Waals surface area contributed by atoms with Crippen molar-refractivity contribution in [3.63, 3.8) is 0 Å². The molecule has 2 amide bonds. The molecule has 8 N–H and O–H groups in total. The number of amides is 2. The zero-order valence-corrected chi connectivity index (χ0v) is 35.4. The molecule has 0 aliphatic carbocycles. The van der Waals surface area contributed by atoms with Gasteiger partial charge in [-0.1, -0.05) is 27.7 Å². The Kier molecular flexibility index (Phi) is 22.8. The molecular formula is C31H61N2O19P3. The molecule has 0 aromatic carbocycles. The predicted octanol–water partition coefficient (Wildman–Crippen LogP) is 2.05. The van der Waals surface area contributed by atoms with Gasteiger partial charge in [0.15, 0.2) is 6.10 Å². The summed E-state index contributed by atoms with van der Waals surface area (Å²) in [6.45, 7) is 11.6. The fraction of sp³-hybridized carbons (Fsp3) is 0.871. The summed E-state index contributed by atoms with van der Waals surface area (Å²) in [5.41, 5.74) is -1.85. The summed E-state index contributed by atoms with van der Waals surface area (Å²) in [5.74, 6) is -2.41. The standard InChI is InChI=1S/C31H61N2O19P3/c1-9-27(36)52-24(19-47-28(37)23(4)17-22(2)3)20-51-55(45,46)50-16-14-33-25(34)18-30(7,8)48-15-12-29(5,6)49-21-26(35)32-13-10-11-31(38,53(39,40)41)54(42,43)44/h22-24,38H,9-21H2,1-8H3,(H,32,35)(H,33,34)(H,45,46)(H2,39,40,41)(H2,42,43,44). The van der Waals surface area contributed by atoms with E-state index in [9.17, 15) is 62.4 Å². The van der Waals surface area contributed by atoms with E-state index in [4.69, 9.17) is 28.0 Å². The molecule has 0 radical (unpaired) electrons. The third-order valence-corrected chi connectivity index (χ3v) is 12.5. The number of ether oxygens (including phenoxy) is 4. The van der Waals surface area contributed by atoms with Gasteiger partial charge in [0.1, 0.15) is 13.2 Å². The van der Waals surface area contributed by atoms with E-state index in [1.54, 1.807) is 41.5 Å². The monoisotopic (exact) mass is 858 g/mol. The molecule has 0 fully saturated rings. The van der Waals surface area contributed by atoms with E-state index in [1.807, 2.05) is 13.8 Å². The van der Waals surface area contributed by atoms with E-state index in [2.05, 4.69) is 10.6 Å². The molecule has 0 aromatic rings. The summed E-state index contributed by atoms with van der Waals surface area (Å²) < 4.78 is 66.8. The smallest absolute Gasteiger partial charge is 0.461 e. The Balaban J connectivity index is 4.61. The number of aliphatic hydroxyl groups is 1. The Morgan fingerprint density at radius 2 is 1.33 bits per heavy atom. The van der Waals surface area contributed by atoms with Gasteiger partial charge in [0, 0.05) is 25.9 Å². The largest absolute Gasteiger partial charge is 0.472 e. The Bertz CT molecular complexity index is 1360. The first-order valence-corrected chi connectivity index (χ1v) is 22.3. The highest BCUT2D eigenvalue weighted by Gasteiger charge is 2.58. The van der Waals surface area contributed by atoms with E-state index in [0.29, 0.717) is 6.42 Å². The van der Waals surface area contributed by atoms with Gasteiger partial charge < -0.3 is 59.2 Å². The van der Waals surface area contributed by atoms with Gasteiger partial charge in [-0.15, -0.1) is 0 Å². The number of esters is 2. The van der Waals surface area contributed by atoms with Crippen LogP contribution < -0.4 is 10.6 Å². The third-order valence-electron chi connectivity index (χ3n) is 7.65. The lowest BCUT2D eigenvalue weighted by Gasteiger charge is -2.29. The number of phosphoric ester groups is 1. The van der Waals surface area contributed by atoms with Gasteiger partial charge >= 0.3 is 35.0 Å². The minimum Gasteiger partial charge on any atom is -0.461 e. The van der Waals surface area contributed by atoms with Crippen LogP contribution in [0.4, 0.5) is 0 Å². The van der Waals surface area contributed by atoms with Crippen LogP contribution in [-0.2, 0) is 60.9 Å². The lowest BCUT2D eigenvalue weighted by Crippen LogP contribution is -2.38. The number of hydrogen-bond acceptors (Lipinski definition) is 14. The van der Waals surface area contributed by atoms with Crippen molar-refractivity contribution in [1.29, 1.82) is 0 Å². The fourth-order valence-electron chi connectivity index (χ4n) is 4.54. The lowest BCUT2D eigenvalue weighted by atomic mass is 9.99. The molecule has 0 rings (SSSR count). The molecular weight excluding hydrogens is 797 g/mol. The molecule has 24 heteroatoms. The molecule has 0 saturated heterocycles. The number of hydrogen-bond donors (Lipinski definition) is 8. The highest BCUT2D eigenvalue weighted by atomic mass is 31.2. The summed E-state index contributed by atoms with van der Waals surface area (Å²) in [7, 11) is -15.8. The van der Waals surface area contributed by atoms with Crippen LogP contribution in [0.15, 0.2) is 0 Å². The Morgan fingerprint density at radius 3 is 1.87 bits per heavy atom. The summed E-state index contributed by atoms with van der Waals surface area (Å²) in [6.07, 6.45) is -1.74. The quantitative estimate of drug-likeness (QED) is 0.0303. The second-order valence-electron chi connectivity index (χ2n) is 14.5. The first-order chi connectivity index (χ1) is 25.0. The molecule has 3 unspecified atom stereocenters. The second kappa shape index (κ2) is 23.5. The SMILES string of the molecule is CCC(=O)OC(COC(=O)C(C)CC(C)C)COP(=O)(O)OCCNC(=O)CC(C)(C)OCCC(C)(C)OCC(=O)NCCCC(O)(P(=O)(O)O)P(=O)(O)O. The Morgan fingerprint density at radius 1 is 0.745 bits per heavy atom. The van der Waals surface area contributed by atoms with Crippen LogP contribution in [0, 0.1) is 11.8 Å². The zero-order chi connectivity index (χ0) is 42.9. The van der Waals surface area contributed by atoms with E-state index >= 15 is 0 Å². The predicted molar refractivity (Wildman–Crippen MR) is 195 cm³/mol. The molecule has 0 bridgehead atoms. The van der Waals surface area contributed by atoms with Gasteiger partial charge in [-0.05, 0) is 52.9 Å². The van der Waals surface area contributed by atoms with Crippen LogP contribution in [0.3, 0.4) is 0 Å². The lowest BCUT2D eigenvalue weighted by molar-refractivity contribution is -0.163. The molecule has 0 aliphatic rings. The maximum absolute atomic E-state index is 12.5. The second-order valence-corrected chi connectivity index (χ2v) is 19.9. The van der Waals surface area contributed by atoms with Crippen LogP contribution in [0.25, 0.3) is 0 Å². The molecule has 0 aromatic heterocycles. The minimum atomic E-state index is -5.60.